The van der Waals surface area contributed by atoms with Crippen LogP contribution in [0.4, 0.5) is 10.1 Å². The molecule has 2 heterocycles. The second kappa shape index (κ2) is 7.11. The van der Waals surface area contributed by atoms with Gasteiger partial charge in [0.2, 0.25) is 5.72 Å². The lowest BCUT2D eigenvalue weighted by Crippen LogP contribution is -2.43. The maximum atomic E-state index is 14.4. The summed E-state index contributed by atoms with van der Waals surface area (Å²) in [6.07, 6.45) is -4.54. The van der Waals surface area contributed by atoms with E-state index in [0.29, 0.717) is 11.4 Å². The monoisotopic (exact) mass is 344 g/mol. The summed E-state index contributed by atoms with van der Waals surface area (Å²) < 4.78 is 20.4. The number of rotatable bonds is 6. The van der Waals surface area contributed by atoms with Crippen molar-refractivity contribution in [1.29, 1.82) is 0 Å². The van der Waals surface area contributed by atoms with Gasteiger partial charge in [0.25, 0.3) is 0 Å². The van der Waals surface area contributed by atoms with Crippen LogP contribution in [-0.2, 0) is 4.74 Å². The molecule has 4 N–H and O–H groups in total. The number of aliphatic hydroxyl groups is 3. The van der Waals surface area contributed by atoms with Crippen molar-refractivity contribution in [3.05, 3.63) is 32.8 Å². The van der Waals surface area contributed by atoms with Crippen molar-refractivity contribution < 1.29 is 24.4 Å². The fourth-order valence-corrected chi connectivity index (χ4v) is 2.38. The molecule has 0 aliphatic carbocycles. The smallest absolute Gasteiger partial charge is 0.350 e. The zero-order valence-corrected chi connectivity index (χ0v) is 12.7. The number of halogens is 1. The molecule has 1 aromatic rings. The SMILES string of the molecule is Cc1nc(=O)n([C@@H]2O[C@@](CO)(N=[N+]=[N-])[C@@H](O)[C@@H]2F)cc1NCCO. The Labute approximate surface area is 135 Å². The second-order valence-corrected chi connectivity index (χ2v) is 5.17. The van der Waals surface area contributed by atoms with Crippen LogP contribution >= 0.6 is 0 Å². The average molecular weight is 344 g/mol. The molecule has 0 spiro atoms. The maximum Gasteiger partial charge on any atom is 0.350 e. The Balaban J connectivity index is 2.44. The molecule has 24 heavy (non-hydrogen) atoms. The summed E-state index contributed by atoms with van der Waals surface area (Å²) in [6, 6.07) is 0. The van der Waals surface area contributed by atoms with Crippen molar-refractivity contribution in [3.63, 3.8) is 0 Å². The van der Waals surface area contributed by atoms with Crippen molar-refractivity contribution in [2.45, 2.75) is 31.2 Å². The van der Waals surface area contributed by atoms with Crippen molar-refractivity contribution in [1.82, 2.24) is 9.55 Å². The quantitative estimate of drug-likeness (QED) is 0.297. The Bertz CT molecular complexity index is 708. The molecule has 0 bridgehead atoms. The van der Waals surface area contributed by atoms with Crippen LogP contribution in [0.15, 0.2) is 16.1 Å². The molecule has 0 unspecified atom stereocenters. The Morgan fingerprint density at radius 3 is 2.92 bits per heavy atom. The first-order valence-corrected chi connectivity index (χ1v) is 7.01. The fourth-order valence-electron chi connectivity index (χ4n) is 2.38. The summed E-state index contributed by atoms with van der Waals surface area (Å²) in [5.41, 5.74) is 6.12. The lowest BCUT2D eigenvalue weighted by molar-refractivity contribution is -0.124. The van der Waals surface area contributed by atoms with E-state index in [9.17, 15) is 19.4 Å². The minimum atomic E-state index is -2.23. The molecule has 132 valence electrons. The van der Waals surface area contributed by atoms with Crippen LogP contribution in [0.1, 0.15) is 11.9 Å². The highest BCUT2D eigenvalue weighted by atomic mass is 19.1. The Hall–Kier alpha value is -2.24. The summed E-state index contributed by atoms with van der Waals surface area (Å²) in [4.78, 5) is 18.2. The number of hydrogen-bond acceptors (Lipinski definition) is 8. The van der Waals surface area contributed by atoms with Gasteiger partial charge < -0.3 is 25.4 Å². The largest absolute Gasteiger partial charge is 0.395 e. The number of aromatic nitrogens is 2. The number of aryl methyl sites for hydroxylation is 1. The molecule has 0 radical (unpaired) electrons. The summed E-state index contributed by atoms with van der Waals surface area (Å²) in [7, 11) is 0. The van der Waals surface area contributed by atoms with E-state index in [1.807, 2.05) is 0 Å². The third-order valence-electron chi connectivity index (χ3n) is 3.65. The van der Waals surface area contributed by atoms with E-state index in [2.05, 4.69) is 20.3 Å². The summed E-state index contributed by atoms with van der Waals surface area (Å²) in [6.45, 7) is 0.570. The molecule has 2 rings (SSSR count). The van der Waals surface area contributed by atoms with Gasteiger partial charge in [-0.15, -0.1) is 0 Å². The number of alkyl halides is 1. The Kier molecular flexibility index (Phi) is 5.36. The molecule has 0 aromatic carbocycles. The minimum absolute atomic E-state index is 0.173. The normalized spacial score (nSPS) is 29.3. The van der Waals surface area contributed by atoms with Crippen molar-refractivity contribution in [3.8, 4) is 0 Å². The molecule has 1 aliphatic rings. The Morgan fingerprint density at radius 1 is 1.62 bits per heavy atom. The molecule has 0 amide bonds. The first-order valence-electron chi connectivity index (χ1n) is 7.01. The van der Waals surface area contributed by atoms with Crippen LogP contribution in [0.5, 0.6) is 0 Å². The predicted molar refractivity (Wildman–Crippen MR) is 78.8 cm³/mol. The number of aliphatic hydroxyl groups excluding tert-OH is 3. The van der Waals surface area contributed by atoms with Gasteiger partial charge in [0.15, 0.2) is 12.4 Å². The lowest BCUT2D eigenvalue weighted by atomic mass is 10.1. The van der Waals surface area contributed by atoms with E-state index >= 15 is 0 Å². The maximum absolute atomic E-state index is 14.4. The van der Waals surface area contributed by atoms with Crippen molar-refractivity contribution in [2.24, 2.45) is 5.11 Å². The van der Waals surface area contributed by atoms with Gasteiger partial charge in [-0.3, -0.25) is 4.57 Å². The van der Waals surface area contributed by atoms with E-state index < -0.39 is 36.5 Å². The second-order valence-electron chi connectivity index (χ2n) is 5.17. The molecular formula is C12H17FN6O5. The van der Waals surface area contributed by atoms with E-state index in [1.54, 1.807) is 6.92 Å². The van der Waals surface area contributed by atoms with Gasteiger partial charge in [-0.1, -0.05) is 5.11 Å². The van der Waals surface area contributed by atoms with Gasteiger partial charge in [-0.25, -0.2) is 9.18 Å². The standard InChI is InChI=1S/C12H17FN6O5/c1-6-7(15-2-3-20)4-19(11(23)16-6)10-8(13)9(22)12(5-21,24-10)17-18-14/h4,8-10,15,20-22H,2-3,5H2,1H3/t8-,9-,10+,12+/m0/s1. The van der Waals surface area contributed by atoms with E-state index in [1.165, 1.54) is 6.20 Å². The molecule has 1 saturated heterocycles. The fraction of sp³-hybridized carbons (Fsp3) is 0.667. The minimum Gasteiger partial charge on any atom is -0.395 e. The van der Waals surface area contributed by atoms with Crippen LogP contribution in [0, 0.1) is 6.92 Å². The van der Waals surface area contributed by atoms with E-state index in [0.717, 1.165) is 4.57 Å². The zero-order valence-electron chi connectivity index (χ0n) is 12.7. The molecule has 0 saturated carbocycles. The first-order chi connectivity index (χ1) is 11.4. The predicted octanol–water partition coefficient (Wildman–Crippen LogP) is -0.817. The van der Waals surface area contributed by atoms with Gasteiger partial charge in [-0.05, 0) is 12.5 Å². The van der Waals surface area contributed by atoms with Gasteiger partial charge in [0, 0.05) is 17.7 Å². The highest BCUT2D eigenvalue weighted by Crippen LogP contribution is 2.39. The van der Waals surface area contributed by atoms with Crippen LogP contribution in [-0.4, -0.2) is 62.6 Å². The molecule has 12 heteroatoms. The number of ether oxygens (including phenoxy) is 1. The summed E-state index contributed by atoms with van der Waals surface area (Å²) in [5.74, 6) is 0. The molecule has 1 aromatic heterocycles. The van der Waals surface area contributed by atoms with Crippen LogP contribution in [0.2, 0.25) is 0 Å². The van der Waals surface area contributed by atoms with Crippen molar-refractivity contribution in [2.75, 3.05) is 25.1 Å². The van der Waals surface area contributed by atoms with Crippen LogP contribution in [0.25, 0.3) is 10.4 Å². The first kappa shape index (κ1) is 18.1. The highest BCUT2D eigenvalue weighted by molar-refractivity contribution is 5.45. The number of azide groups is 1. The van der Waals surface area contributed by atoms with Crippen LogP contribution < -0.4 is 11.0 Å². The van der Waals surface area contributed by atoms with Gasteiger partial charge >= 0.3 is 5.69 Å². The zero-order chi connectivity index (χ0) is 17.9. The lowest BCUT2D eigenvalue weighted by Gasteiger charge is -2.23. The number of anilines is 1. The third kappa shape index (κ3) is 3.05. The van der Waals surface area contributed by atoms with Gasteiger partial charge in [-0.2, -0.15) is 4.98 Å². The van der Waals surface area contributed by atoms with E-state index in [4.69, 9.17) is 15.4 Å². The average Bonchev–Trinajstić information content (AvgIpc) is 2.80. The van der Waals surface area contributed by atoms with E-state index in [-0.39, 0.29) is 13.2 Å². The topological polar surface area (TPSA) is 166 Å². The number of nitrogens with one attached hydrogen (secondary N) is 1. The van der Waals surface area contributed by atoms with Gasteiger partial charge in [0.05, 0.1) is 24.6 Å². The molecule has 1 aliphatic heterocycles. The highest BCUT2D eigenvalue weighted by Gasteiger charge is 2.56. The molecular weight excluding hydrogens is 327 g/mol. The number of hydrogen-bond donors (Lipinski definition) is 4. The van der Waals surface area contributed by atoms with Gasteiger partial charge in [0.1, 0.15) is 6.10 Å². The summed E-state index contributed by atoms with van der Waals surface area (Å²) >= 11 is 0. The van der Waals surface area contributed by atoms with Crippen molar-refractivity contribution >= 4 is 5.69 Å². The molecule has 1 fully saturated rings. The van der Waals surface area contributed by atoms with Crippen LogP contribution in [0.3, 0.4) is 0 Å². The third-order valence-corrected chi connectivity index (χ3v) is 3.65. The molecule has 4 atom stereocenters. The number of nitrogens with zero attached hydrogens (tertiary/aromatic N) is 5. The Morgan fingerprint density at radius 2 is 2.33 bits per heavy atom. The summed E-state index contributed by atoms with van der Waals surface area (Å²) in [5, 5.41) is 34.0. The molecule has 11 nitrogen and oxygen atoms in total.